The number of carbonyl (C=O) groups excluding carboxylic acids is 1. The number of piperidine rings is 1. The number of hydrogen-bond donors (Lipinski definition) is 3. The molecule has 0 aliphatic carbocycles. The Morgan fingerprint density at radius 2 is 2.20 bits per heavy atom. The number of rotatable bonds is 6. The molecule has 1 aromatic rings. The van der Waals surface area contributed by atoms with E-state index >= 15 is 0 Å². The molecule has 110 valence electrons. The number of benzene rings is 1. The van der Waals surface area contributed by atoms with Crippen LogP contribution in [0, 0.1) is 5.92 Å². The maximum atomic E-state index is 12.0. The molecule has 1 aliphatic rings. The van der Waals surface area contributed by atoms with Crippen LogP contribution in [0.3, 0.4) is 0 Å². The molecule has 1 aliphatic heterocycles. The van der Waals surface area contributed by atoms with E-state index in [2.05, 4.69) is 10.6 Å². The molecule has 2 atom stereocenters. The fourth-order valence-electron chi connectivity index (χ4n) is 2.71. The third-order valence-corrected chi connectivity index (χ3v) is 3.78. The normalized spacial score (nSPS) is 20.4. The van der Waals surface area contributed by atoms with Crippen LogP contribution in [0.5, 0.6) is 0 Å². The van der Waals surface area contributed by atoms with Crippen LogP contribution in [0.15, 0.2) is 30.3 Å². The van der Waals surface area contributed by atoms with E-state index in [0.29, 0.717) is 18.8 Å². The van der Waals surface area contributed by atoms with Gasteiger partial charge < -0.3 is 15.7 Å². The highest BCUT2D eigenvalue weighted by atomic mass is 16.3. The minimum Gasteiger partial charge on any atom is -0.394 e. The molecule has 2 rings (SSSR count). The summed E-state index contributed by atoms with van der Waals surface area (Å²) in [4.78, 5) is 12.0. The summed E-state index contributed by atoms with van der Waals surface area (Å²) in [6.45, 7) is 1.96. The maximum absolute atomic E-state index is 12.0. The van der Waals surface area contributed by atoms with Gasteiger partial charge in [0.05, 0.1) is 12.6 Å². The lowest BCUT2D eigenvalue weighted by Gasteiger charge is -2.23. The van der Waals surface area contributed by atoms with Crippen LogP contribution in [-0.2, 0) is 11.2 Å². The lowest BCUT2D eigenvalue weighted by molar-refractivity contribution is -0.123. The number of nitrogens with one attached hydrogen (secondary N) is 2. The molecular weight excluding hydrogens is 252 g/mol. The van der Waals surface area contributed by atoms with Crippen LogP contribution in [-0.4, -0.2) is 36.8 Å². The summed E-state index contributed by atoms with van der Waals surface area (Å²) in [6.07, 6.45) is 3.48. The van der Waals surface area contributed by atoms with Gasteiger partial charge in [0.15, 0.2) is 0 Å². The Hall–Kier alpha value is -1.39. The van der Waals surface area contributed by atoms with Crippen molar-refractivity contribution in [1.82, 2.24) is 10.6 Å². The van der Waals surface area contributed by atoms with Gasteiger partial charge in [-0.1, -0.05) is 30.3 Å². The molecule has 0 spiro atoms. The van der Waals surface area contributed by atoms with Crippen molar-refractivity contribution < 1.29 is 9.90 Å². The van der Waals surface area contributed by atoms with Gasteiger partial charge in [-0.15, -0.1) is 0 Å². The summed E-state index contributed by atoms with van der Waals surface area (Å²) in [5.74, 6) is 0.480. The molecule has 1 fully saturated rings. The monoisotopic (exact) mass is 276 g/mol. The highest BCUT2D eigenvalue weighted by Gasteiger charge is 2.18. The van der Waals surface area contributed by atoms with Gasteiger partial charge in [0.2, 0.25) is 5.91 Å². The summed E-state index contributed by atoms with van der Waals surface area (Å²) in [5, 5.41) is 15.7. The SMILES string of the molecule is O=C(CC1CCCNC1)NC(CO)Cc1ccccc1. The average molecular weight is 276 g/mol. The Morgan fingerprint density at radius 1 is 1.40 bits per heavy atom. The minimum atomic E-state index is -0.193. The molecule has 4 nitrogen and oxygen atoms in total. The highest BCUT2D eigenvalue weighted by molar-refractivity contribution is 5.76. The lowest BCUT2D eigenvalue weighted by atomic mass is 9.95. The predicted molar refractivity (Wildman–Crippen MR) is 79.4 cm³/mol. The minimum absolute atomic E-state index is 0.0243. The summed E-state index contributed by atoms with van der Waals surface area (Å²) in [6, 6.07) is 9.74. The first-order chi connectivity index (χ1) is 9.78. The number of carbonyl (C=O) groups is 1. The van der Waals surface area contributed by atoms with Crippen LogP contribution in [0.2, 0.25) is 0 Å². The predicted octanol–water partition coefficient (Wildman–Crippen LogP) is 1.10. The zero-order valence-corrected chi connectivity index (χ0v) is 11.8. The fourth-order valence-corrected chi connectivity index (χ4v) is 2.71. The molecule has 1 aromatic carbocycles. The van der Waals surface area contributed by atoms with Gasteiger partial charge in [-0.05, 0) is 43.8 Å². The van der Waals surface area contributed by atoms with E-state index in [1.165, 1.54) is 0 Å². The third-order valence-electron chi connectivity index (χ3n) is 3.78. The van der Waals surface area contributed by atoms with Crippen molar-refractivity contribution in [2.24, 2.45) is 5.92 Å². The van der Waals surface area contributed by atoms with E-state index in [1.54, 1.807) is 0 Å². The Bertz CT molecular complexity index is 402. The van der Waals surface area contributed by atoms with Crippen molar-refractivity contribution in [2.75, 3.05) is 19.7 Å². The van der Waals surface area contributed by atoms with Crippen molar-refractivity contribution >= 4 is 5.91 Å². The Kier molecular flexibility index (Phi) is 6.02. The quantitative estimate of drug-likeness (QED) is 0.729. The summed E-state index contributed by atoms with van der Waals surface area (Å²) in [5.41, 5.74) is 1.13. The second kappa shape index (κ2) is 8.02. The summed E-state index contributed by atoms with van der Waals surface area (Å²) >= 11 is 0. The average Bonchev–Trinajstić information content (AvgIpc) is 2.48. The van der Waals surface area contributed by atoms with Crippen LogP contribution in [0.25, 0.3) is 0 Å². The highest BCUT2D eigenvalue weighted by Crippen LogP contribution is 2.14. The van der Waals surface area contributed by atoms with Crippen LogP contribution in [0.1, 0.15) is 24.8 Å². The fraction of sp³-hybridized carbons (Fsp3) is 0.562. The van der Waals surface area contributed by atoms with Crippen LogP contribution in [0.4, 0.5) is 0 Å². The molecule has 1 heterocycles. The second-order valence-corrected chi connectivity index (χ2v) is 5.55. The van der Waals surface area contributed by atoms with E-state index in [-0.39, 0.29) is 18.6 Å². The van der Waals surface area contributed by atoms with Crippen LogP contribution < -0.4 is 10.6 Å². The Morgan fingerprint density at radius 3 is 2.85 bits per heavy atom. The van der Waals surface area contributed by atoms with Gasteiger partial charge in [0.25, 0.3) is 0 Å². The van der Waals surface area contributed by atoms with Crippen molar-refractivity contribution in [1.29, 1.82) is 0 Å². The van der Waals surface area contributed by atoms with Crippen molar-refractivity contribution in [3.63, 3.8) is 0 Å². The number of hydrogen-bond acceptors (Lipinski definition) is 3. The first-order valence-electron chi connectivity index (χ1n) is 7.43. The topological polar surface area (TPSA) is 61.4 Å². The molecule has 0 radical (unpaired) electrons. The van der Waals surface area contributed by atoms with E-state index in [4.69, 9.17) is 0 Å². The van der Waals surface area contributed by atoms with E-state index in [1.807, 2.05) is 30.3 Å². The molecule has 1 amide bonds. The summed E-state index contributed by atoms with van der Waals surface area (Å²) in [7, 11) is 0. The second-order valence-electron chi connectivity index (χ2n) is 5.55. The van der Waals surface area contributed by atoms with Gasteiger partial charge in [-0.25, -0.2) is 0 Å². The van der Waals surface area contributed by atoms with Gasteiger partial charge >= 0.3 is 0 Å². The lowest BCUT2D eigenvalue weighted by Crippen LogP contribution is -2.41. The molecular formula is C16H24N2O2. The zero-order chi connectivity index (χ0) is 14.2. The van der Waals surface area contributed by atoms with Gasteiger partial charge in [-0.3, -0.25) is 4.79 Å². The molecule has 2 unspecified atom stereocenters. The molecule has 3 N–H and O–H groups in total. The smallest absolute Gasteiger partial charge is 0.220 e. The van der Waals surface area contributed by atoms with E-state index in [0.717, 1.165) is 31.5 Å². The van der Waals surface area contributed by atoms with E-state index < -0.39 is 0 Å². The van der Waals surface area contributed by atoms with Crippen molar-refractivity contribution in [3.05, 3.63) is 35.9 Å². The molecule has 4 heteroatoms. The molecule has 0 saturated carbocycles. The standard InChI is InChI=1S/C16H24N2O2/c19-12-15(9-13-5-2-1-3-6-13)18-16(20)10-14-7-4-8-17-11-14/h1-3,5-6,14-15,17,19H,4,7-12H2,(H,18,20). The van der Waals surface area contributed by atoms with Gasteiger partial charge in [0, 0.05) is 6.42 Å². The Balaban J connectivity index is 1.78. The van der Waals surface area contributed by atoms with Crippen molar-refractivity contribution in [3.8, 4) is 0 Å². The first kappa shape index (κ1) is 15.0. The van der Waals surface area contributed by atoms with E-state index in [9.17, 15) is 9.90 Å². The first-order valence-corrected chi connectivity index (χ1v) is 7.43. The largest absolute Gasteiger partial charge is 0.394 e. The van der Waals surface area contributed by atoms with Crippen LogP contribution >= 0.6 is 0 Å². The number of amides is 1. The summed E-state index contributed by atoms with van der Waals surface area (Å²) < 4.78 is 0. The molecule has 0 aromatic heterocycles. The Labute approximate surface area is 120 Å². The third kappa shape index (κ3) is 4.94. The molecule has 1 saturated heterocycles. The molecule has 0 bridgehead atoms. The zero-order valence-electron chi connectivity index (χ0n) is 11.8. The molecule has 20 heavy (non-hydrogen) atoms. The van der Waals surface area contributed by atoms with Gasteiger partial charge in [-0.2, -0.15) is 0 Å². The van der Waals surface area contributed by atoms with Crippen molar-refractivity contribution in [2.45, 2.75) is 31.7 Å². The maximum Gasteiger partial charge on any atom is 0.220 e. The van der Waals surface area contributed by atoms with Gasteiger partial charge in [0.1, 0.15) is 0 Å². The number of aliphatic hydroxyl groups excluding tert-OH is 1. The number of aliphatic hydroxyl groups is 1.